The topological polar surface area (TPSA) is 208 Å². The molecule has 0 radical (unpaired) electrons. The Morgan fingerprint density at radius 2 is 1.40 bits per heavy atom. The van der Waals surface area contributed by atoms with Crippen LogP contribution in [0.2, 0.25) is 0 Å². The highest BCUT2D eigenvalue weighted by Gasteiger charge is 2.31. The molecule has 0 aliphatic rings. The van der Waals surface area contributed by atoms with E-state index in [4.69, 9.17) is 21.1 Å². The summed E-state index contributed by atoms with van der Waals surface area (Å²) < 4.78 is 0. The van der Waals surface area contributed by atoms with Gasteiger partial charge in [-0.05, 0) is 24.3 Å². The van der Waals surface area contributed by atoms with Crippen LogP contribution in [0.1, 0.15) is 26.7 Å². The van der Waals surface area contributed by atoms with Gasteiger partial charge < -0.3 is 37.0 Å². The van der Waals surface area contributed by atoms with Crippen molar-refractivity contribution in [1.82, 2.24) is 16.0 Å². The highest BCUT2D eigenvalue weighted by atomic mass is 32.2. The number of carboxylic acids is 2. The second-order valence-electron chi connectivity index (χ2n) is 6.85. The Hall–Kier alpha value is -2.38. The van der Waals surface area contributed by atoms with E-state index in [2.05, 4.69) is 10.6 Å². The molecule has 0 aromatic rings. The van der Waals surface area contributed by atoms with E-state index < -0.39 is 66.9 Å². The quantitative estimate of drug-likeness (QED) is 0.151. The molecule has 0 aliphatic heterocycles. The number of aliphatic hydroxyl groups is 1. The number of hydrogen-bond acceptors (Lipinski definition) is 8. The summed E-state index contributed by atoms with van der Waals surface area (Å²) in [7, 11) is 0. The first kappa shape index (κ1) is 27.6. The van der Waals surface area contributed by atoms with Gasteiger partial charge in [-0.3, -0.25) is 19.2 Å². The van der Waals surface area contributed by atoms with E-state index in [1.165, 1.54) is 11.8 Å². The highest BCUT2D eigenvalue weighted by Crippen LogP contribution is 2.05. The van der Waals surface area contributed by atoms with Gasteiger partial charge in [0, 0.05) is 0 Å². The van der Waals surface area contributed by atoms with E-state index >= 15 is 0 Å². The lowest BCUT2D eigenvalue weighted by atomic mass is 10.0. The largest absolute Gasteiger partial charge is 0.481 e. The van der Waals surface area contributed by atoms with E-state index in [1.54, 1.807) is 20.1 Å². The van der Waals surface area contributed by atoms with Gasteiger partial charge in [-0.2, -0.15) is 11.8 Å². The van der Waals surface area contributed by atoms with Crippen LogP contribution in [-0.4, -0.2) is 87.8 Å². The lowest BCUT2D eigenvalue weighted by Crippen LogP contribution is -2.58. The monoisotopic (exact) mass is 450 g/mol. The van der Waals surface area contributed by atoms with Crippen molar-refractivity contribution in [3.05, 3.63) is 0 Å². The first-order valence-corrected chi connectivity index (χ1v) is 10.5. The Morgan fingerprint density at radius 1 is 0.900 bits per heavy atom. The second-order valence-corrected chi connectivity index (χ2v) is 7.84. The van der Waals surface area contributed by atoms with Gasteiger partial charge in [-0.1, -0.05) is 13.8 Å². The molecule has 0 aromatic carbocycles. The average molecular weight is 451 g/mol. The molecule has 0 heterocycles. The number of aliphatic carboxylic acids is 2. The number of thioether (sulfide) groups is 1. The Morgan fingerprint density at radius 3 is 1.83 bits per heavy atom. The Labute approximate surface area is 178 Å². The van der Waals surface area contributed by atoms with Crippen LogP contribution < -0.4 is 21.7 Å². The minimum absolute atomic E-state index is 0.189. The second kappa shape index (κ2) is 13.8. The summed E-state index contributed by atoms with van der Waals surface area (Å²) in [6.07, 6.45) is 1.15. The van der Waals surface area contributed by atoms with Gasteiger partial charge in [0.15, 0.2) is 0 Å². The SMILES string of the molecule is CSCCC(NC(=O)C(N)C(C)C)C(=O)NC(CC(=O)O)C(=O)NC(CO)C(=O)O. The standard InChI is InChI=1S/C17H30N4O8S/c1-8(2)13(18)16(27)19-9(4-5-30-3)14(25)20-10(6-12(23)24)15(26)21-11(7-22)17(28)29/h8-11,13,22H,4-7,18H2,1-3H3,(H,19,27)(H,20,25)(H,21,26)(H,23,24)(H,28,29). The number of carboxylic acid groups (broad SMARTS) is 2. The number of amides is 3. The van der Waals surface area contributed by atoms with Crippen LogP contribution in [0.4, 0.5) is 0 Å². The molecule has 0 saturated carbocycles. The van der Waals surface area contributed by atoms with E-state index in [0.717, 1.165) is 0 Å². The van der Waals surface area contributed by atoms with Crippen molar-refractivity contribution in [2.75, 3.05) is 18.6 Å². The first-order chi connectivity index (χ1) is 13.9. The molecule has 8 N–H and O–H groups in total. The predicted octanol–water partition coefficient (Wildman–Crippen LogP) is -2.27. The summed E-state index contributed by atoms with van der Waals surface area (Å²) in [5.41, 5.74) is 5.78. The zero-order valence-electron chi connectivity index (χ0n) is 17.1. The van der Waals surface area contributed by atoms with Crippen molar-refractivity contribution < 1.29 is 39.3 Å². The van der Waals surface area contributed by atoms with Crippen molar-refractivity contribution >= 4 is 41.4 Å². The first-order valence-electron chi connectivity index (χ1n) is 9.15. The zero-order chi connectivity index (χ0) is 23.4. The van der Waals surface area contributed by atoms with Gasteiger partial charge in [0.25, 0.3) is 0 Å². The van der Waals surface area contributed by atoms with Crippen LogP contribution in [0.5, 0.6) is 0 Å². The van der Waals surface area contributed by atoms with E-state index in [0.29, 0.717) is 5.75 Å². The summed E-state index contributed by atoms with van der Waals surface area (Å²) in [5, 5.41) is 33.6. The van der Waals surface area contributed by atoms with Crippen LogP contribution >= 0.6 is 11.8 Å². The third kappa shape index (κ3) is 9.89. The lowest BCUT2D eigenvalue weighted by molar-refractivity contribution is -0.144. The summed E-state index contributed by atoms with van der Waals surface area (Å²) >= 11 is 1.41. The van der Waals surface area contributed by atoms with Crippen molar-refractivity contribution in [1.29, 1.82) is 0 Å². The van der Waals surface area contributed by atoms with Crippen molar-refractivity contribution in [3.63, 3.8) is 0 Å². The maximum atomic E-state index is 12.6. The van der Waals surface area contributed by atoms with Gasteiger partial charge >= 0.3 is 11.9 Å². The smallest absolute Gasteiger partial charge is 0.328 e. The molecule has 30 heavy (non-hydrogen) atoms. The van der Waals surface area contributed by atoms with Crippen LogP contribution in [0, 0.1) is 5.92 Å². The number of rotatable bonds is 14. The molecule has 4 atom stereocenters. The molecule has 172 valence electrons. The molecule has 0 rings (SSSR count). The Balaban J connectivity index is 5.40. The summed E-state index contributed by atoms with van der Waals surface area (Å²) in [6, 6.07) is -5.22. The molecule has 12 nitrogen and oxygen atoms in total. The summed E-state index contributed by atoms with van der Waals surface area (Å²) in [6.45, 7) is 2.54. The van der Waals surface area contributed by atoms with Gasteiger partial charge in [0.1, 0.15) is 18.1 Å². The predicted molar refractivity (Wildman–Crippen MR) is 109 cm³/mol. The average Bonchev–Trinajstić information content (AvgIpc) is 2.66. The van der Waals surface area contributed by atoms with Crippen LogP contribution in [0.15, 0.2) is 0 Å². The molecule has 0 saturated heterocycles. The minimum atomic E-state index is -1.67. The third-order valence-corrected chi connectivity index (χ3v) is 4.72. The fourth-order valence-corrected chi connectivity index (χ4v) is 2.66. The number of carbonyl (C=O) groups excluding carboxylic acids is 3. The fourth-order valence-electron chi connectivity index (χ4n) is 2.19. The van der Waals surface area contributed by atoms with Gasteiger partial charge in [0.05, 0.1) is 19.1 Å². The normalized spacial score (nSPS) is 14.9. The minimum Gasteiger partial charge on any atom is -0.481 e. The number of hydrogen-bond donors (Lipinski definition) is 7. The highest BCUT2D eigenvalue weighted by molar-refractivity contribution is 7.98. The molecule has 0 bridgehead atoms. The van der Waals surface area contributed by atoms with Crippen molar-refractivity contribution in [2.24, 2.45) is 11.7 Å². The van der Waals surface area contributed by atoms with Crippen molar-refractivity contribution in [3.8, 4) is 0 Å². The molecule has 13 heteroatoms. The number of nitrogens with two attached hydrogens (primary N) is 1. The van der Waals surface area contributed by atoms with Crippen LogP contribution in [0.3, 0.4) is 0 Å². The zero-order valence-corrected chi connectivity index (χ0v) is 17.9. The molecular weight excluding hydrogens is 420 g/mol. The molecule has 0 spiro atoms. The fraction of sp³-hybridized carbons (Fsp3) is 0.706. The number of nitrogens with one attached hydrogen (secondary N) is 3. The Kier molecular flexibility index (Phi) is 12.7. The molecule has 0 aliphatic carbocycles. The van der Waals surface area contributed by atoms with Crippen molar-refractivity contribution in [2.45, 2.75) is 50.9 Å². The number of aliphatic hydroxyl groups excluding tert-OH is 1. The van der Waals surface area contributed by atoms with Gasteiger partial charge in [-0.25, -0.2) is 4.79 Å². The van der Waals surface area contributed by atoms with E-state index in [1.807, 2.05) is 5.32 Å². The van der Waals surface area contributed by atoms with Crippen LogP contribution in [-0.2, 0) is 24.0 Å². The van der Waals surface area contributed by atoms with E-state index in [-0.39, 0.29) is 12.3 Å². The number of carbonyl (C=O) groups is 5. The molecule has 0 fully saturated rings. The maximum absolute atomic E-state index is 12.6. The van der Waals surface area contributed by atoms with Crippen LogP contribution in [0.25, 0.3) is 0 Å². The molecule has 4 unspecified atom stereocenters. The molecular formula is C17H30N4O8S. The molecule has 3 amide bonds. The van der Waals surface area contributed by atoms with Gasteiger partial charge in [-0.15, -0.1) is 0 Å². The third-order valence-electron chi connectivity index (χ3n) is 4.07. The Bertz CT molecular complexity index is 631. The lowest BCUT2D eigenvalue weighted by Gasteiger charge is -2.25. The van der Waals surface area contributed by atoms with E-state index in [9.17, 15) is 24.0 Å². The molecule has 0 aromatic heterocycles. The van der Waals surface area contributed by atoms with Gasteiger partial charge in [0.2, 0.25) is 17.7 Å². The summed E-state index contributed by atoms with van der Waals surface area (Å²) in [5.74, 6) is -5.14. The summed E-state index contributed by atoms with van der Waals surface area (Å²) in [4.78, 5) is 59.2. The maximum Gasteiger partial charge on any atom is 0.328 e.